The maximum Gasteiger partial charge on any atom is 0.217 e. The van der Waals surface area contributed by atoms with Crippen molar-refractivity contribution in [2.45, 2.75) is 321 Å². The molecule has 10 aliphatic heterocycles. The predicted molar refractivity (Wildman–Crippen MR) is 353 cm³/mol. The molecular formula is C64H108N2O51. The van der Waals surface area contributed by atoms with Gasteiger partial charge in [-0.1, -0.05) is 0 Å². The molecule has 117 heavy (non-hydrogen) atoms. The highest BCUT2D eigenvalue weighted by Gasteiger charge is 2.61. The Bertz CT molecular complexity index is 3050. The SMILES string of the molecule is CC(=O)N[C@H]1[C@H](O[C@H]2[C@H](O)[C@@H](NC(C)=O)C(O)O[C@@H]2CO)O[C@H](CO)[C@@H](O[C@@H]2O[C@H](CO[C@H]3O[C@H](CO[C@H]4O[C@H](CO)[C@@H](O)[C@H](O)[C@@H]4O[C@H]4O[C@H](CO)[C@@H](O)[C@H](O)[C@@H]4O)[C@@H](O)[C@H](O[C@H]4O[C@H](CO)[C@@H](O)[C@H](O)[C@@H]4O)[C@@H]3O)[C@@H](O)[C@H](O[C@H]3O[C@H](CO)[C@@H](O)[C@H](O)[C@@H]3O[C@H]3O[C@H](CO)[C@@H](O)[C@H](O)[C@@H]3O[C@H]3O[C@H](CO)[C@@H](O)[C@H](O)[C@@H]3O)[C@@H]2O)[C@@H]1O. The highest BCUT2D eigenvalue weighted by atomic mass is 16.8. The number of amides is 2. The Kier molecular flexibility index (Phi) is 34.4. The molecule has 50 atom stereocenters. The molecule has 0 aliphatic carbocycles. The van der Waals surface area contributed by atoms with Gasteiger partial charge in [-0.05, 0) is 0 Å². The van der Waals surface area contributed by atoms with Crippen LogP contribution in [-0.4, -0.2) is 538 Å². The average Bonchev–Trinajstić information content (AvgIpc) is 0.766. The van der Waals surface area contributed by atoms with Crippen LogP contribution in [0.4, 0.5) is 0 Å². The average molecular weight is 1720 g/mol. The van der Waals surface area contributed by atoms with Crippen LogP contribution in [0.15, 0.2) is 0 Å². The molecule has 53 heteroatoms. The van der Waals surface area contributed by atoms with E-state index in [0.717, 1.165) is 13.8 Å². The first-order chi connectivity index (χ1) is 55.4. The lowest BCUT2D eigenvalue weighted by Gasteiger charge is -2.51. The maximum absolute atomic E-state index is 13.0. The number of ether oxygens (including phenoxy) is 19. The molecule has 10 saturated heterocycles. The molecule has 2 amide bonds. The van der Waals surface area contributed by atoms with Crippen molar-refractivity contribution in [2.24, 2.45) is 0 Å². The minimum Gasteiger partial charge on any atom is -0.394 e. The quantitative estimate of drug-likeness (QED) is 0.0318. The van der Waals surface area contributed by atoms with Gasteiger partial charge in [0.2, 0.25) is 11.8 Å². The summed E-state index contributed by atoms with van der Waals surface area (Å²) in [5.41, 5.74) is 0. The van der Waals surface area contributed by atoms with E-state index in [2.05, 4.69) is 10.6 Å². The van der Waals surface area contributed by atoms with Gasteiger partial charge >= 0.3 is 0 Å². The molecule has 32 N–H and O–H groups in total. The molecular weight excluding hydrogens is 1610 g/mol. The van der Waals surface area contributed by atoms with Gasteiger partial charge in [0.1, 0.15) is 244 Å². The molecule has 10 heterocycles. The van der Waals surface area contributed by atoms with E-state index < -0.39 is 385 Å². The molecule has 53 nitrogen and oxygen atoms in total. The fourth-order valence-electron chi connectivity index (χ4n) is 15.0. The van der Waals surface area contributed by atoms with E-state index in [1.54, 1.807) is 0 Å². The Morgan fingerprint density at radius 1 is 0.222 bits per heavy atom. The van der Waals surface area contributed by atoms with Gasteiger partial charge in [0.25, 0.3) is 0 Å². The van der Waals surface area contributed by atoms with E-state index in [1.807, 2.05) is 0 Å². The zero-order chi connectivity index (χ0) is 85.9. The van der Waals surface area contributed by atoms with Crippen LogP contribution in [0, 0.1) is 0 Å². The molecule has 10 fully saturated rings. The standard InChI is InChI=1S/C64H108N2O51/c1-13(75)65-25-35(85)48(21(9-73)101-55(25)98)111-56-26(66-14(2)76)36(86)49(22(10-74)108-56)112-61-47(97)51(114-63-54(42(92)32(82)19(7-71)106-63)117-64-53(41(91)31(81)20(8-72)107-64)116-60-45(95)39(89)29(79)17(5-69)104-60)34(84)24(110-61)11-99-57-46(96)50(113-58-43(93)37(87)27(77)15(3-67)102-58)33(83)23(109-57)12-100-62-52(40(90)30(80)18(6-70)105-62)115-59-44(94)38(88)28(78)16(4-68)103-59/h15-64,67-74,77-98H,3-12H2,1-2H3,(H,65,75)(H,66,76)/t15-,16-,17-,18-,19-,20-,21-,22-,23-,24-,25-,26-,27-,28-,29-,30-,31-,32-,33-,34-,35-,36-,37+,38+,39+,40+,41+,42+,43+,44+,45+,46+,47+,48-,49-,50+,51+,52+,53+,54+,55?,56+,57+,58-,59-,60-,61+,62+,63-,64-/m1/s1. The van der Waals surface area contributed by atoms with Crippen LogP contribution in [0.5, 0.6) is 0 Å². The molecule has 0 aromatic heterocycles. The van der Waals surface area contributed by atoms with Crippen LogP contribution in [0.3, 0.4) is 0 Å². The van der Waals surface area contributed by atoms with Gasteiger partial charge in [-0.2, -0.15) is 0 Å². The third kappa shape index (κ3) is 20.7. The van der Waals surface area contributed by atoms with Crippen LogP contribution >= 0.6 is 0 Å². The van der Waals surface area contributed by atoms with Crippen LogP contribution in [-0.2, 0) is 99.6 Å². The molecule has 0 radical (unpaired) electrons. The third-order valence-electron chi connectivity index (χ3n) is 21.7. The lowest BCUT2D eigenvalue weighted by atomic mass is 9.94. The van der Waals surface area contributed by atoms with Crippen molar-refractivity contribution in [1.82, 2.24) is 10.6 Å². The smallest absolute Gasteiger partial charge is 0.217 e. The Morgan fingerprint density at radius 2 is 0.470 bits per heavy atom. The van der Waals surface area contributed by atoms with Gasteiger partial charge in [0.05, 0.1) is 66.1 Å². The molecule has 0 spiro atoms. The van der Waals surface area contributed by atoms with Crippen LogP contribution in [0.1, 0.15) is 13.8 Å². The highest BCUT2D eigenvalue weighted by molar-refractivity contribution is 5.73. The van der Waals surface area contributed by atoms with E-state index in [0.29, 0.717) is 0 Å². The first-order valence-electron chi connectivity index (χ1n) is 37.2. The van der Waals surface area contributed by atoms with Crippen molar-refractivity contribution in [1.29, 1.82) is 0 Å². The number of carbonyl (C=O) groups is 2. The Labute approximate surface area is 660 Å². The molecule has 0 bridgehead atoms. The van der Waals surface area contributed by atoms with E-state index in [9.17, 15) is 163 Å². The lowest BCUT2D eigenvalue weighted by molar-refractivity contribution is -0.408. The van der Waals surface area contributed by atoms with Gasteiger partial charge in [-0.25, -0.2) is 0 Å². The van der Waals surface area contributed by atoms with Crippen molar-refractivity contribution in [3.63, 3.8) is 0 Å². The van der Waals surface area contributed by atoms with Gasteiger partial charge in [0.15, 0.2) is 62.9 Å². The van der Waals surface area contributed by atoms with Crippen LogP contribution < -0.4 is 10.6 Å². The summed E-state index contributed by atoms with van der Waals surface area (Å²) in [6.07, 6.45) is -104. The molecule has 10 rings (SSSR count). The first kappa shape index (κ1) is 96.2. The van der Waals surface area contributed by atoms with Crippen molar-refractivity contribution in [3.8, 4) is 0 Å². The topological polar surface area (TPSA) is 840 Å². The second-order valence-electron chi connectivity index (χ2n) is 29.5. The van der Waals surface area contributed by atoms with E-state index >= 15 is 0 Å². The lowest BCUT2D eigenvalue weighted by Crippen LogP contribution is -2.70. The molecule has 680 valence electrons. The zero-order valence-electron chi connectivity index (χ0n) is 61.9. The van der Waals surface area contributed by atoms with E-state index in [1.165, 1.54) is 0 Å². The van der Waals surface area contributed by atoms with Gasteiger partial charge in [-0.3, -0.25) is 9.59 Å². The minimum atomic E-state index is -2.64. The number of aliphatic hydroxyl groups excluding tert-OH is 30. The normalized spacial score (nSPS) is 51.5. The van der Waals surface area contributed by atoms with E-state index in [4.69, 9.17) is 90.0 Å². The van der Waals surface area contributed by atoms with Crippen LogP contribution in [0.2, 0.25) is 0 Å². The Morgan fingerprint density at radius 3 is 0.855 bits per heavy atom. The summed E-state index contributed by atoms with van der Waals surface area (Å²) in [7, 11) is 0. The third-order valence-corrected chi connectivity index (χ3v) is 21.7. The number of carbonyl (C=O) groups excluding carboxylic acids is 2. The number of nitrogens with one attached hydrogen (secondary N) is 2. The summed E-state index contributed by atoms with van der Waals surface area (Å²) in [5, 5.41) is 336. The minimum absolute atomic E-state index is 0.805. The fourth-order valence-corrected chi connectivity index (χ4v) is 15.0. The number of hydrogen-bond donors (Lipinski definition) is 32. The summed E-state index contributed by atoms with van der Waals surface area (Å²) < 4.78 is 111. The molecule has 0 aromatic rings. The number of rotatable bonds is 30. The summed E-state index contributed by atoms with van der Waals surface area (Å²) in [4.78, 5) is 25.2. The fraction of sp³-hybridized carbons (Fsp3) is 0.969. The highest BCUT2D eigenvalue weighted by Crippen LogP contribution is 2.41. The van der Waals surface area contributed by atoms with Crippen molar-refractivity contribution in [3.05, 3.63) is 0 Å². The first-order valence-corrected chi connectivity index (χ1v) is 37.2. The number of hydrogen-bond acceptors (Lipinski definition) is 51. The van der Waals surface area contributed by atoms with Crippen molar-refractivity contribution < 1.29 is 253 Å². The summed E-state index contributed by atoms with van der Waals surface area (Å²) in [6, 6.07) is -3.64. The second kappa shape index (κ2) is 41.9. The molecule has 1 unspecified atom stereocenters. The Balaban J connectivity index is 0.996. The summed E-state index contributed by atoms with van der Waals surface area (Å²) in [6.45, 7) is -9.28. The van der Waals surface area contributed by atoms with E-state index in [-0.39, 0.29) is 0 Å². The molecule has 10 aliphatic rings. The van der Waals surface area contributed by atoms with Gasteiger partial charge < -0.3 is 254 Å². The van der Waals surface area contributed by atoms with Gasteiger partial charge in [-0.15, -0.1) is 0 Å². The molecule has 0 saturated carbocycles. The largest absolute Gasteiger partial charge is 0.394 e. The maximum atomic E-state index is 13.0. The van der Waals surface area contributed by atoms with Crippen LogP contribution in [0.25, 0.3) is 0 Å². The summed E-state index contributed by atoms with van der Waals surface area (Å²) in [5.74, 6) is -1.78. The second-order valence-corrected chi connectivity index (χ2v) is 29.5. The predicted octanol–water partition coefficient (Wildman–Crippen LogP) is -22.5. The monoisotopic (exact) mass is 1720 g/mol. The van der Waals surface area contributed by atoms with Gasteiger partial charge in [0, 0.05) is 13.8 Å². The van der Waals surface area contributed by atoms with Crippen molar-refractivity contribution in [2.75, 3.05) is 66.1 Å². The number of aliphatic hydroxyl groups is 30. The molecule has 0 aromatic carbocycles. The zero-order valence-corrected chi connectivity index (χ0v) is 61.9. The summed E-state index contributed by atoms with van der Waals surface area (Å²) >= 11 is 0. The Hall–Kier alpha value is -3.02. The van der Waals surface area contributed by atoms with Crippen molar-refractivity contribution >= 4 is 11.8 Å².